The van der Waals surface area contributed by atoms with Crippen LogP contribution in [0.15, 0.2) is 34.4 Å². The van der Waals surface area contributed by atoms with Crippen molar-refractivity contribution < 1.29 is 4.79 Å². The molecule has 2 amide bonds. The zero-order valence-corrected chi connectivity index (χ0v) is 7.29. The monoisotopic (exact) mass is 191 g/mol. The Morgan fingerprint density at radius 3 is 2.79 bits per heavy atom. The molecule has 0 saturated carbocycles. The summed E-state index contributed by atoms with van der Waals surface area (Å²) in [5.41, 5.74) is 10.5. The molecule has 0 aliphatic rings. The highest BCUT2D eigenvalue weighted by Crippen LogP contribution is 1.89. The van der Waals surface area contributed by atoms with E-state index in [1.165, 1.54) is 6.21 Å². The number of rotatable bonds is 1. The van der Waals surface area contributed by atoms with Gasteiger partial charge in [0.25, 0.3) is 0 Å². The van der Waals surface area contributed by atoms with Crippen molar-refractivity contribution in [3.63, 3.8) is 0 Å². The van der Waals surface area contributed by atoms with E-state index in [1.54, 1.807) is 24.4 Å². The Kier molecular flexibility index (Phi) is 3.31. The molecule has 0 radical (unpaired) electrons. The number of nitrogens with zero attached hydrogens (tertiary/aromatic N) is 3. The molecule has 6 nitrogen and oxygen atoms in total. The average Bonchev–Trinajstić information content (AvgIpc) is 2.15. The van der Waals surface area contributed by atoms with Crippen molar-refractivity contribution in [3.05, 3.63) is 30.1 Å². The van der Waals surface area contributed by atoms with E-state index < -0.39 is 6.03 Å². The predicted octanol–water partition coefficient (Wildman–Crippen LogP) is -0.106. The van der Waals surface area contributed by atoms with Crippen molar-refractivity contribution >= 4 is 18.2 Å². The molecule has 1 heterocycles. The second-order valence-corrected chi connectivity index (χ2v) is 2.33. The Balaban J connectivity index is 2.66. The van der Waals surface area contributed by atoms with E-state index in [4.69, 9.17) is 11.5 Å². The second-order valence-electron chi connectivity index (χ2n) is 2.33. The van der Waals surface area contributed by atoms with E-state index in [0.29, 0.717) is 5.69 Å². The molecule has 0 atom stereocenters. The Labute approximate surface area is 80.4 Å². The van der Waals surface area contributed by atoms with Crippen LogP contribution >= 0.6 is 0 Å². The Morgan fingerprint density at radius 2 is 2.21 bits per heavy atom. The highest BCUT2D eigenvalue weighted by molar-refractivity contribution is 5.96. The topological polar surface area (TPSA) is 107 Å². The van der Waals surface area contributed by atoms with Gasteiger partial charge in [0.15, 0.2) is 5.96 Å². The van der Waals surface area contributed by atoms with Gasteiger partial charge in [0, 0.05) is 6.20 Å². The molecule has 4 N–H and O–H groups in total. The molecule has 72 valence electrons. The van der Waals surface area contributed by atoms with Gasteiger partial charge in [0.2, 0.25) is 0 Å². The van der Waals surface area contributed by atoms with E-state index in [2.05, 4.69) is 15.0 Å². The first kappa shape index (κ1) is 9.85. The molecule has 0 unspecified atom stereocenters. The summed E-state index contributed by atoms with van der Waals surface area (Å²) in [4.78, 5) is 21.4. The third kappa shape index (κ3) is 3.44. The molecule has 0 aromatic carbocycles. The lowest BCUT2D eigenvalue weighted by atomic mass is 10.4. The van der Waals surface area contributed by atoms with Crippen LogP contribution in [0.1, 0.15) is 5.69 Å². The van der Waals surface area contributed by atoms with Gasteiger partial charge in [-0.3, -0.25) is 4.98 Å². The summed E-state index contributed by atoms with van der Waals surface area (Å²) < 4.78 is 0. The lowest BCUT2D eigenvalue weighted by Crippen LogP contribution is -2.23. The predicted molar refractivity (Wildman–Crippen MR) is 53.0 cm³/mol. The van der Waals surface area contributed by atoms with Crippen molar-refractivity contribution in [2.45, 2.75) is 0 Å². The van der Waals surface area contributed by atoms with E-state index in [1.807, 2.05) is 0 Å². The third-order valence-electron chi connectivity index (χ3n) is 1.22. The zero-order chi connectivity index (χ0) is 10.4. The molecule has 0 saturated heterocycles. The molecule has 0 bridgehead atoms. The van der Waals surface area contributed by atoms with Crippen molar-refractivity contribution in [2.24, 2.45) is 21.5 Å². The Hall–Kier alpha value is -2.24. The van der Waals surface area contributed by atoms with Gasteiger partial charge < -0.3 is 11.5 Å². The van der Waals surface area contributed by atoms with Crippen LogP contribution in [0.2, 0.25) is 0 Å². The summed E-state index contributed by atoms with van der Waals surface area (Å²) in [6.45, 7) is 0. The number of carbonyl (C=O) groups is 1. The summed E-state index contributed by atoms with van der Waals surface area (Å²) in [5, 5.41) is 0. The lowest BCUT2D eigenvalue weighted by Gasteiger charge is -1.88. The number of aromatic nitrogens is 1. The van der Waals surface area contributed by atoms with Gasteiger partial charge in [-0.1, -0.05) is 6.07 Å². The number of aliphatic imine (C=N–C) groups is 2. The normalized spacial score (nSPS) is 10.0. The summed E-state index contributed by atoms with van der Waals surface area (Å²) in [6.07, 6.45) is 2.88. The van der Waals surface area contributed by atoms with E-state index in [9.17, 15) is 4.79 Å². The highest BCUT2D eigenvalue weighted by Gasteiger charge is 1.93. The quantitative estimate of drug-likeness (QED) is 0.477. The van der Waals surface area contributed by atoms with Crippen molar-refractivity contribution in [2.75, 3.05) is 0 Å². The van der Waals surface area contributed by atoms with Crippen molar-refractivity contribution in [1.29, 1.82) is 0 Å². The van der Waals surface area contributed by atoms with Gasteiger partial charge in [-0.05, 0) is 12.1 Å². The molecule has 1 rings (SSSR count). The molecule has 0 aliphatic carbocycles. The number of carbonyl (C=O) groups excluding carboxylic acids is 1. The molecule has 0 aliphatic heterocycles. The van der Waals surface area contributed by atoms with Crippen LogP contribution in [0.3, 0.4) is 0 Å². The largest absolute Gasteiger partial charge is 0.370 e. The van der Waals surface area contributed by atoms with Crippen LogP contribution < -0.4 is 11.5 Å². The molecule has 6 heteroatoms. The second kappa shape index (κ2) is 4.70. The summed E-state index contributed by atoms with van der Waals surface area (Å²) in [7, 11) is 0. The summed E-state index contributed by atoms with van der Waals surface area (Å²) in [6, 6.07) is 4.48. The number of pyridine rings is 1. The maximum atomic E-state index is 10.9. The number of urea groups is 1. The first-order chi connectivity index (χ1) is 6.68. The zero-order valence-electron chi connectivity index (χ0n) is 7.29. The van der Waals surface area contributed by atoms with Crippen LogP contribution in [-0.2, 0) is 0 Å². The van der Waals surface area contributed by atoms with Crippen LogP contribution in [0.5, 0.6) is 0 Å². The molecule has 0 fully saturated rings. The van der Waals surface area contributed by atoms with Gasteiger partial charge in [-0.25, -0.2) is 4.79 Å². The SMILES string of the molecule is NC(N)=NC(=O)N=Cc1ccccn1. The third-order valence-corrected chi connectivity index (χ3v) is 1.22. The lowest BCUT2D eigenvalue weighted by molar-refractivity contribution is 0.257. The highest BCUT2D eigenvalue weighted by atomic mass is 16.2. The summed E-state index contributed by atoms with van der Waals surface area (Å²) in [5.74, 6) is -0.312. The minimum atomic E-state index is -0.754. The van der Waals surface area contributed by atoms with E-state index in [0.717, 1.165) is 0 Å². The molecular formula is C8H9N5O. The average molecular weight is 191 g/mol. The molecule has 0 spiro atoms. The number of amides is 2. The van der Waals surface area contributed by atoms with Gasteiger partial charge in [0.1, 0.15) is 0 Å². The van der Waals surface area contributed by atoms with Crippen LogP contribution in [0, 0.1) is 0 Å². The van der Waals surface area contributed by atoms with Crippen molar-refractivity contribution in [3.8, 4) is 0 Å². The minimum Gasteiger partial charge on any atom is -0.370 e. The number of nitrogens with two attached hydrogens (primary N) is 2. The fourth-order valence-electron chi connectivity index (χ4n) is 0.713. The minimum absolute atomic E-state index is 0.312. The first-order valence-electron chi connectivity index (χ1n) is 3.77. The smallest absolute Gasteiger partial charge is 0.370 e. The van der Waals surface area contributed by atoms with Crippen LogP contribution in [0.25, 0.3) is 0 Å². The maximum Gasteiger partial charge on any atom is 0.370 e. The first-order valence-corrected chi connectivity index (χ1v) is 3.77. The fraction of sp³-hybridized carbons (Fsp3) is 0. The number of guanidine groups is 1. The van der Waals surface area contributed by atoms with E-state index >= 15 is 0 Å². The summed E-state index contributed by atoms with van der Waals surface area (Å²) >= 11 is 0. The molecule has 1 aromatic rings. The maximum absolute atomic E-state index is 10.9. The van der Waals surface area contributed by atoms with Crippen LogP contribution in [-0.4, -0.2) is 23.2 Å². The van der Waals surface area contributed by atoms with Gasteiger partial charge >= 0.3 is 6.03 Å². The standard InChI is InChI=1S/C8H9N5O/c9-7(10)13-8(14)12-5-6-3-1-2-4-11-6/h1-5H,(H4,9,10,13,14). The fourth-order valence-corrected chi connectivity index (χ4v) is 0.713. The van der Waals surface area contributed by atoms with Gasteiger partial charge in [-0.2, -0.15) is 9.98 Å². The Bertz CT molecular complexity index is 367. The molecular weight excluding hydrogens is 182 g/mol. The number of hydrogen-bond acceptors (Lipinski definition) is 2. The molecule has 1 aromatic heterocycles. The molecule has 14 heavy (non-hydrogen) atoms. The van der Waals surface area contributed by atoms with Crippen LogP contribution in [0.4, 0.5) is 4.79 Å². The number of hydrogen-bond donors (Lipinski definition) is 2. The van der Waals surface area contributed by atoms with E-state index in [-0.39, 0.29) is 5.96 Å². The Morgan fingerprint density at radius 1 is 1.43 bits per heavy atom. The van der Waals surface area contributed by atoms with Crippen molar-refractivity contribution in [1.82, 2.24) is 4.98 Å². The van der Waals surface area contributed by atoms with Gasteiger partial charge in [-0.15, -0.1) is 0 Å². The van der Waals surface area contributed by atoms with Gasteiger partial charge in [0.05, 0.1) is 11.9 Å².